The summed E-state index contributed by atoms with van der Waals surface area (Å²) in [5.74, 6) is 2.63. The Labute approximate surface area is 70.7 Å². The third kappa shape index (κ3) is 2.36. The summed E-state index contributed by atoms with van der Waals surface area (Å²) in [7, 11) is 0. The van der Waals surface area contributed by atoms with Crippen molar-refractivity contribution in [3.8, 4) is 0 Å². The molecule has 0 aromatic heterocycles. The first-order valence-corrected chi connectivity index (χ1v) is 4.76. The average molecular weight is 152 g/mol. The van der Waals surface area contributed by atoms with E-state index in [1.807, 2.05) is 0 Å². The first-order chi connectivity index (χ1) is 5.09. The zero-order valence-electron chi connectivity index (χ0n) is 8.06. The van der Waals surface area contributed by atoms with Crippen molar-refractivity contribution in [1.82, 2.24) is 0 Å². The van der Waals surface area contributed by atoms with Gasteiger partial charge in [0.1, 0.15) is 0 Å². The molecule has 0 heterocycles. The fraction of sp³-hybridized carbons (Fsp3) is 0.818. The molecule has 64 valence electrons. The molecule has 11 heavy (non-hydrogen) atoms. The second kappa shape index (κ2) is 3.42. The van der Waals surface area contributed by atoms with E-state index in [0.717, 1.165) is 17.8 Å². The molecule has 1 aliphatic carbocycles. The molecule has 0 aromatic rings. The summed E-state index contributed by atoms with van der Waals surface area (Å²) in [5, 5.41) is 0. The highest BCUT2D eigenvalue weighted by atomic mass is 14.3. The molecule has 1 saturated carbocycles. The van der Waals surface area contributed by atoms with Crippen molar-refractivity contribution in [3.05, 3.63) is 12.2 Å². The van der Waals surface area contributed by atoms with Crippen molar-refractivity contribution in [3.63, 3.8) is 0 Å². The highest BCUT2D eigenvalue weighted by Crippen LogP contribution is 2.35. The maximum atomic E-state index is 4.10. The van der Waals surface area contributed by atoms with Crippen LogP contribution in [0.2, 0.25) is 0 Å². The molecule has 0 aromatic carbocycles. The summed E-state index contributed by atoms with van der Waals surface area (Å²) in [6.07, 6.45) is 3.96. The quantitative estimate of drug-likeness (QED) is 0.503. The number of allylic oxidation sites excluding steroid dienone is 1. The minimum absolute atomic E-state index is 0.842. The maximum absolute atomic E-state index is 4.10. The monoisotopic (exact) mass is 152 g/mol. The lowest BCUT2D eigenvalue weighted by Gasteiger charge is -2.31. The van der Waals surface area contributed by atoms with Gasteiger partial charge in [-0.15, -0.1) is 0 Å². The molecule has 1 fully saturated rings. The summed E-state index contributed by atoms with van der Waals surface area (Å²) in [5.41, 5.74) is 1.47. The summed E-state index contributed by atoms with van der Waals surface area (Å²) < 4.78 is 0. The topological polar surface area (TPSA) is 0 Å². The Morgan fingerprint density at radius 3 is 2.45 bits per heavy atom. The minimum Gasteiger partial charge on any atom is -0.0998 e. The van der Waals surface area contributed by atoms with Gasteiger partial charge in [0.2, 0.25) is 0 Å². The van der Waals surface area contributed by atoms with Gasteiger partial charge in [-0.05, 0) is 37.0 Å². The van der Waals surface area contributed by atoms with Gasteiger partial charge in [-0.25, -0.2) is 0 Å². The van der Waals surface area contributed by atoms with E-state index < -0.39 is 0 Å². The SMILES string of the molecule is C=C1CC(C)CC(C(C)C)C1. The van der Waals surface area contributed by atoms with Crippen LogP contribution >= 0.6 is 0 Å². The zero-order chi connectivity index (χ0) is 8.43. The van der Waals surface area contributed by atoms with Gasteiger partial charge >= 0.3 is 0 Å². The molecule has 0 aliphatic heterocycles. The van der Waals surface area contributed by atoms with Gasteiger partial charge in [0, 0.05) is 0 Å². The molecule has 1 aliphatic rings. The van der Waals surface area contributed by atoms with Crippen molar-refractivity contribution >= 4 is 0 Å². The lowest BCUT2D eigenvalue weighted by molar-refractivity contribution is 0.268. The molecule has 0 spiro atoms. The van der Waals surface area contributed by atoms with Crippen LogP contribution < -0.4 is 0 Å². The Kier molecular flexibility index (Phi) is 2.75. The smallest absolute Gasteiger partial charge is 0.0292 e. The molecule has 0 amide bonds. The molecule has 0 N–H and O–H groups in total. The normalized spacial score (nSPS) is 32.9. The predicted octanol–water partition coefficient (Wildman–Crippen LogP) is 3.63. The van der Waals surface area contributed by atoms with E-state index in [0.29, 0.717) is 0 Å². The van der Waals surface area contributed by atoms with Crippen LogP contribution in [0.25, 0.3) is 0 Å². The predicted molar refractivity (Wildman–Crippen MR) is 50.5 cm³/mol. The van der Waals surface area contributed by atoms with E-state index in [1.54, 1.807) is 0 Å². The Morgan fingerprint density at radius 1 is 1.36 bits per heavy atom. The van der Waals surface area contributed by atoms with Crippen LogP contribution in [0.15, 0.2) is 12.2 Å². The fourth-order valence-electron chi connectivity index (χ4n) is 2.14. The standard InChI is InChI=1S/C11H20/c1-8(2)11-6-9(3)5-10(4)7-11/h8,10-11H,3,5-7H2,1-2,4H3. The Bertz CT molecular complexity index is 144. The molecular weight excluding hydrogens is 132 g/mol. The van der Waals surface area contributed by atoms with E-state index in [-0.39, 0.29) is 0 Å². The van der Waals surface area contributed by atoms with Crippen molar-refractivity contribution in [2.75, 3.05) is 0 Å². The first kappa shape index (κ1) is 8.83. The van der Waals surface area contributed by atoms with Gasteiger partial charge < -0.3 is 0 Å². The van der Waals surface area contributed by atoms with Gasteiger partial charge in [0.05, 0.1) is 0 Å². The molecule has 0 bridgehead atoms. The Hall–Kier alpha value is -0.260. The summed E-state index contributed by atoms with van der Waals surface area (Å²) in [6.45, 7) is 11.1. The highest BCUT2D eigenvalue weighted by Gasteiger charge is 2.23. The van der Waals surface area contributed by atoms with Crippen LogP contribution in [0.4, 0.5) is 0 Å². The van der Waals surface area contributed by atoms with Gasteiger partial charge in [-0.1, -0.05) is 32.9 Å². The number of hydrogen-bond donors (Lipinski definition) is 0. The van der Waals surface area contributed by atoms with E-state index in [4.69, 9.17) is 0 Å². The van der Waals surface area contributed by atoms with Gasteiger partial charge in [0.25, 0.3) is 0 Å². The number of hydrogen-bond acceptors (Lipinski definition) is 0. The lowest BCUT2D eigenvalue weighted by Crippen LogP contribution is -2.19. The summed E-state index contributed by atoms with van der Waals surface area (Å²) >= 11 is 0. The van der Waals surface area contributed by atoms with Crippen molar-refractivity contribution < 1.29 is 0 Å². The first-order valence-electron chi connectivity index (χ1n) is 4.76. The lowest BCUT2D eigenvalue weighted by atomic mass is 9.75. The van der Waals surface area contributed by atoms with E-state index in [9.17, 15) is 0 Å². The van der Waals surface area contributed by atoms with Crippen LogP contribution in [0.1, 0.15) is 40.0 Å². The Morgan fingerprint density at radius 2 is 2.00 bits per heavy atom. The minimum atomic E-state index is 0.842. The van der Waals surface area contributed by atoms with Gasteiger partial charge in [-0.2, -0.15) is 0 Å². The van der Waals surface area contributed by atoms with E-state index >= 15 is 0 Å². The van der Waals surface area contributed by atoms with Crippen LogP contribution in [0, 0.1) is 17.8 Å². The second-order valence-corrected chi connectivity index (χ2v) is 4.50. The van der Waals surface area contributed by atoms with Gasteiger partial charge in [-0.3, -0.25) is 0 Å². The van der Waals surface area contributed by atoms with Crippen LogP contribution in [0.3, 0.4) is 0 Å². The largest absolute Gasteiger partial charge is 0.0998 e. The molecule has 0 nitrogen and oxygen atoms in total. The van der Waals surface area contributed by atoms with Crippen molar-refractivity contribution in [2.24, 2.45) is 17.8 Å². The molecule has 1 rings (SSSR count). The molecule has 2 atom stereocenters. The fourth-order valence-corrected chi connectivity index (χ4v) is 2.14. The molecule has 0 heteroatoms. The Balaban J connectivity index is 2.49. The van der Waals surface area contributed by atoms with Crippen LogP contribution in [-0.4, -0.2) is 0 Å². The van der Waals surface area contributed by atoms with Crippen molar-refractivity contribution in [1.29, 1.82) is 0 Å². The van der Waals surface area contributed by atoms with E-state index in [2.05, 4.69) is 27.4 Å². The molecule has 2 unspecified atom stereocenters. The zero-order valence-corrected chi connectivity index (χ0v) is 8.06. The molecule has 0 saturated heterocycles. The highest BCUT2D eigenvalue weighted by molar-refractivity contribution is 5.01. The molecule has 0 radical (unpaired) electrons. The summed E-state index contributed by atoms with van der Waals surface area (Å²) in [4.78, 5) is 0. The summed E-state index contributed by atoms with van der Waals surface area (Å²) in [6, 6.07) is 0. The third-order valence-corrected chi connectivity index (χ3v) is 2.84. The van der Waals surface area contributed by atoms with Crippen LogP contribution in [-0.2, 0) is 0 Å². The average Bonchev–Trinajstić information content (AvgIpc) is 1.85. The second-order valence-electron chi connectivity index (χ2n) is 4.50. The number of rotatable bonds is 1. The third-order valence-electron chi connectivity index (χ3n) is 2.84. The van der Waals surface area contributed by atoms with Crippen LogP contribution in [0.5, 0.6) is 0 Å². The molecular formula is C11H20. The maximum Gasteiger partial charge on any atom is -0.0292 e. The van der Waals surface area contributed by atoms with E-state index in [1.165, 1.54) is 24.8 Å². The van der Waals surface area contributed by atoms with Gasteiger partial charge in [0.15, 0.2) is 0 Å². The van der Waals surface area contributed by atoms with Crippen molar-refractivity contribution in [2.45, 2.75) is 40.0 Å².